The van der Waals surface area contributed by atoms with Gasteiger partial charge in [-0.25, -0.2) is 18.7 Å². The fourth-order valence-corrected chi connectivity index (χ4v) is 1.91. The third kappa shape index (κ3) is 4.75. The van der Waals surface area contributed by atoms with Crippen molar-refractivity contribution in [2.45, 2.75) is 13.1 Å². The van der Waals surface area contributed by atoms with Gasteiger partial charge in [0, 0.05) is 11.8 Å². The van der Waals surface area contributed by atoms with E-state index in [1.807, 2.05) is 0 Å². The molecule has 136 valence electrons. The summed E-state index contributed by atoms with van der Waals surface area (Å²) in [5.41, 5.74) is -1.50. The van der Waals surface area contributed by atoms with Gasteiger partial charge in [0.2, 0.25) is 5.88 Å². The Morgan fingerprint density at radius 1 is 1.15 bits per heavy atom. The van der Waals surface area contributed by atoms with Crippen molar-refractivity contribution in [1.82, 2.24) is 9.97 Å². The van der Waals surface area contributed by atoms with Gasteiger partial charge in [-0.05, 0) is 37.3 Å². The average molecular weight is 368 g/mol. The summed E-state index contributed by atoms with van der Waals surface area (Å²) in [4.78, 5) is 7.14. The van der Waals surface area contributed by atoms with E-state index in [1.165, 1.54) is 24.4 Å². The van der Waals surface area contributed by atoms with Crippen LogP contribution >= 0.6 is 0 Å². The monoisotopic (exact) mass is 368 g/mol. The first-order chi connectivity index (χ1) is 12.4. The molecule has 26 heavy (non-hydrogen) atoms. The van der Waals surface area contributed by atoms with Gasteiger partial charge in [-0.15, -0.1) is 0 Å². The van der Waals surface area contributed by atoms with Crippen molar-refractivity contribution in [3.63, 3.8) is 0 Å². The first-order valence-electron chi connectivity index (χ1n) is 7.32. The van der Waals surface area contributed by atoms with E-state index in [0.29, 0.717) is 0 Å². The van der Waals surface area contributed by atoms with Crippen LogP contribution in [0, 0.1) is 0 Å². The molecule has 0 saturated carbocycles. The Bertz CT molecular complexity index is 839. The van der Waals surface area contributed by atoms with E-state index in [-0.39, 0.29) is 23.5 Å². The number of pyridine rings is 2. The second-order valence-electron chi connectivity index (χ2n) is 4.90. The molecule has 0 unspecified atom stereocenters. The maximum Gasteiger partial charge on any atom is 0.433 e. The highest BCUT2D eigenvalue weighted by Crippen LogP contribution is 2.34. The molecule has 0 aliphatic heterocycles. The molecule has 0 N–H and O–H groups in total. The molecular weight excluding hydrogens is 355 g/mol. The summed E-state index contributed by atoms with van der Waals surface area (Å²) in [6.45, 7) is 1.67. The number of ether oxygens (including phenoxy) is 1. The van der Waals surface area contributed by atoms with Gasteiger partial charge in [-0.3, -0.25) is 0 Å². The Morgan fingerprint density at radius 3 is 2.50 bits per heavy atom. The van der Waals surface area contributed by atoms with Crippen LogP contribution in [0.4, 0.5) is 22.0 Å². The van der Waals surface area contributed by atoms with E-state index < -0.39 is 23.3 Å². The van der Waals surface area contributed by atoms with Gasteiger partial charge in [-0.1, -0.05) is 12.2 Å². The van der Waals surface area contributed by atoms with Gasteiger partial charge in [0.25, 0.3) is 0 Å². The highest BCUT2D eigenvalue weighted by molar-refractivity contribution is 5.79. The van der Waals surface area contributed by atoms with Crippen LogP contribution in [0.1, 0.15) is 18.2 Å². The molecule has 2 aromatic heterocycles. The summed E-state index contributed by atoms with van der Waals surface area (Å²) in [7, 11) is 0. The summed E-state index contributed by atoms with van der Waals surface area (Å²) in [6.07, 6.45) is 1.65. The Morgan fingerprint density at radius 2 is 1.92 bits per heavy atom. The standard InChI is InChI=1S/C18H13F5N2O/c1-2-3-6-15(20)14(10-19)13-5-4-9-24-17(13)26-12-7-8-16(25-11-12)18(21,22)23/h2-11H,1H3/b3-2-,14-10+,15-6+. The first-order valence-corrected chi connectivity index (χ1v) is 7.32. The van der Waals surface area contributed by atoms with Gasteiger partial charge in [-0.2, -0.15) is 13.2 Å². The van der Waals surface area contributed by atoms with Crippen molar-refractivity contribution in [3.05, 3.63) is 78.3 Å². The van der Waals surface area contributed by atoms with Crippen LogP contribution in [-0.4, -0.2) is 9.97 Å². The Balaban J connectivity index is 2.35. The highest BCUT2D eigenvalue weighted by Gasteiger charge is 2.32. The summed E-state index contributed by atoms with van der Waals surface area (Å²) in [5, 5.41) is 0. The molecule has 0 radical (unpaired) electrons. The fourth-order valence-electron chi connectivity index (χ4n) is 1.91. The highest BCUT2D eigenvalue weighted by atomic mass is 19.4. The summed E-state index contributed by atoms with van der Waals surface area (Å²) in [6, 6.07) is 4.59. The lowest BCUT2D eigenvalue weighted by Crippen LogP contribution is -2.07. The molecule has 0 bridgehead atoms. The van der Waals surface area contributed by atoms with Crippen LogP contribution in [-0.2, 0) is 6.18 Å². The van der Waals surface area contributed by atoms with Crippen molar-refractivity contribution in [2.75, 3.05) is 0 Å². The van der Waals surface area contributed by atoms with Crippen molar-refractivity contribution in [2.24, 2.45) is 0 Å². The number of aromatic nitrogens is 2. The van der Waals surface area contributed by atoms with Gasteiger partial charge in [0.15, 0.2) is 0 Å². The third-order valence-corrected chi connectivity index (χ3v) is 3.10. The van der Waals surface area contributed by atoms with Crippen LogP contribution < -0.4 is 4.74 Å². The van der Waals surface area contributed by atoms with Crippen molar-refractivity contribution in [3.8, 4) is 11.6 Å². The number of alkyl halides is 3. The molecule has 0 saturated heterocycles. The topological polar surface area (TPSA) is 35.0 Å². The molecule has 0 aromatic carbocycles. The molecule has 0 amide bonds. The van der Waals surface area contributed by atoms with Crippen molar-refractivity contribution in [1.29, 1.82) is 0 Å². The summed E-state index contributed by atoms with van der Waals surface area (Å²) < 4.78 is 70.3. The van der Waals surface area contributed by atoms with E-state index in [2.05, 4.69) is 9.97 Å². The molecule has 0 aliphatic rings. The summed E-state index contributed by atoms with van der Waals surface area (Å²) in [5.74, 6) is -1.11. The second-order valence-corrected chi connectivity index (χ2v) is 4.90. The predicted octanol–water partition coefficient (Wildman–Crippen LogP) is 6.03. The molecule has 0 fully saturated rings. The molecule has 2 heterocycles. The number of hydrogen-bond acceptors (Lipinski definition) is 3. The smallest absolute Gasteiger partial charge is 0.433 e. The number of nitrogens with zero attached hydrogens (tertiary/aromatic N) is 2. The largest absolute Gasteiger partial charge is 0.437 e. The Hall–Kier alpha value is -3.03. The Labute approximate surface area is 146 Å². The first kappa shape index (κ1) is 19.3. The lowest BCUT2D eigenvalue weighted by Gasteiger charge is -2.11. The number of allylic oxidation sites excluding steroid dienone is 5. The van der Waals surface area contributed by atoms with Crippen molar-refractivity contribution >= 4 is 5.57 Å². The van der Waals surface area contributed by atoms with E-state index in [0.717, 1.165) is 24.4 Å². The molecule has 2 aromatic rings. The number of rotatable bonds is 5. The van der Waals surface area contributed by atoms with Gasteiger partial charge >= 0.3 is 6.18 Å². The quantitative estimate of drug-likeness (QED) is 0.478. The molecule has 0 atom stereocenters. The van der Waals surface area contributed by atoms with E-state index in [1.54, 1.807) is 13.0 Å². The maximum atomic E-state index is 14.1. The third-order valence-electron chi connectivity index (χ3n) is 3.10. The minimum absolute atomic E-state index is 0.00634. The zero-order chi connectivity index (χ0) is 19.2. The van der Waals surface area contributed by atoms with E-state index in [9.17, 15) is 22.0 Å². The SMILES string of the molecule is C\C=C/C=C(F)\C(=C\F)c1cccnc1Oc1ccc(C(F)(F)F)nc1. The zero-order valence-corrected chi connectivity index (χ0v) is 13.5. The number of halogens is 5. The predicted molar refractivity (Wildman–Crippen MR) is 86.6 cm³/mol. The van der Waals surface area contributed by atoms with Crippen LogP contribution in [0.15, 0.2) is 67.0 Å². The zero-order valence-electron chi connectivity index (χ0n) is 13.5. The van der Waals surface area contributed by atoms with Gasteiger partial charge < -0.3 is 4.74 Å². The lowest BCUT2D eigenvalue weighted by atomic mass is 10.1. The minimum atomic E-state index is -4.58. The van der Waals surface area contributed by atoms with Gasteiger partial charge in [0.1, 0.15) is 17.3 Å². The molecule has 8 heteroatoms. The Kier molecular flexibility index (Phi) is 6.21. The summed E-state index contributed by atoms with van der Waals surface area (Å²) >= 11 is 0. The van der Waals surface area contributed by atoms with Crippen LogP contribution in [0.2, 0.25) is 0 Å². The van der Waals surface area contributed by atoms with Crippen LogP contribution in [0.3, 0.4) is 0 Å². The van der Waals surface area contributed by atoms with Crippen LogP contribution in [0.5, 0.6) is 11.6 Å². The molecular formula is C18H13F5N2O. The molecule has 0 spiro atoms. The minimum Gasteiger partial charge on any atom is -0.437 e. The van der Waals surface area contributed by atoms with Crippen LogP contribution in [0.25, 0.3) is 5.57 Å². The average Bonchev–Trinajstić information content (AvgIpc) is 2.61. The van der Waals surface area contributed by atoms with E-state index in [4.69, 9.17) is 4.74 Å². The fraction of sp³-hybridized carbons (Fsp3) is 0.111. The van der Waals surface area contributed by atoms with E-state index >= 15 is 0 Å². The molecule has 3 nitrogen and oxygen atoms in total. The maximum absolute atomic E-state index is 14.1. The lowest BCUT2D eigenvalue weighted by molar-refractivity contribution is -0.141. The number of hydrogen-bond donors (Lipinski definition) is 0. The van der Waals surface area contributed by atoms with Gasteiger partial charge in [0.05, 0.1) is 18.1 Å². The normalized spacial score (nSPS) is 13.3. The molecule has 0 aliphatic carbocycles. The second kappa shape index (κ2) is 8.37. The molecule has 2 rings (SSSR count). The van der Waals surface area contributed by atoms with Crippen molar-refractivity contribution < 1.29 is 26.7 Å².